The highest BCUT2D eigenvalue weighted by Gasteiger charge is 2.23. The summed E-state index contributed by atoms with van der Waals surface area (Å²) in [5.41, 5.74) is 0.342. The maximum atomic E-state index is 13.6. The zero-order valence-corrected chi connectivity index (χ0v) is 12.1. The predicted molar refractivity (Wildman–Crippen MR) is 81.2 cm³/mol. The molecule has 2 amide bonds. The van der Waals surface area contributed by atoms with Gasteiger partial charge in [-0.2, -0.15) is 0 Å². The van der Waals surface area contributed by atoms with Crippen LogP contribution >= 0.6 is 0 Å². The van der Waals surface area contributed by atoms with Crippen LogP contribution in [-0.2, 0) is 0 Å². The van der Waals surface area contributed by atoms with Gasteiger partial charge >= 0.3 is 0 Å². The summed E-state index contributed by atoms with van der Waals surface area (Å²) in [6, 6.07) is 9.18. The summed E-state index contributed by atoms with van der Waals surface area (Å²) in [5.74, 6) is -2.51. The van der Waals surface area contributed by atoms with Gasteiger partial charge in [0.05, 0.1) is 5.56 Å². The van der Waals surface area contributed by atoms with Crippen molar-refractivity contribution in [2.75, 3.05) is 5.32 Å². The molecular weight excluding hydrogens is 302 g/mol. The smallest absolute Gasteiger partial charge is 0.258 e. The number of rotatable bonds is 4. The molecule has 1 aliphatic rings. The summed E-state index contributed by atoms with van der Waals surface area (Å²) >= 11 is 0. The number of hydrogen-bond acceptors (Lipinski definition) is 2. The van der Waals surface area contributed by atoms with Crippen LogP contribution in [0.2, 0.25) is 0 Å². The molecule has 0 aromatic heterocycles. The van der Waals surface area contributed by atoms with Crippen molar-refractivity contribution in [2.45, 2.75) is 18.9 Å². The van der Waals surface area contributed by atoms with E-state index in [0.717, 1.165) is 31.0 Å². The Morgan fingerprint density at radius 1 is 1.00 bits per heavy atom. The molecule has 0 heterocycles. The number of halogens is 2. The van der Waals surface area contributed by atoms with Crippen LogP contribution in [0.15, 0.2) is 42.5 Å². The molecule has 0 atom stereocenters. The lowest BCUT2D eigenvalue weighted by Gasteiger charge is -2.08. The zero-order chi connectivity index (χ0) is 16.4. The van der Waals surface area contributed by atoms with Crippen LogP contribution in [0, 0.1) is 11.6 Å². The van der Waals surface area contributed by atoms with Crippen LogP contribution in [0.4, 0.5) is 14.5 Å². The summed E-state index contributed by atoms with van der Waals surface area (Å²) in [6.07, 6.45) is 1.95. The van der Waals surface area contributed by atoms with Gasteiger partial charge in [-0.25, -0.2) is 8.78 Å². The first-order valence-corrected chi connectivity index (χ1v) is 7.20. The van der Waals surface area contributed by atoms with Crippen LogP contribution in [0.3, 0.4) is 0 Å². The minimum absolute atomic E-state index is 0.222. The average Bonchev–Trinajstić information content (AvgIpc) is 3.34. The monoisotopic (exact) mass is 316 g/mol. The third-order valence-electron chi connectivity index (χ3n) is 3.47. The van der Waals surface area contributed by atoms with Crippen molar-refractivity contribution in [3.05, 3.63) is 65.2 Å². The number of carbonyl (C=O) groups excluding carboxylic acids is 2. The molecule has 0 bridgehead atoms. The molecule has 0 radical (unpaired) electrons. The SMILES string of the molecule is O=C(NC1CC1)c1cccc(NC(=O)c2cc(F)ccc2F)c1. The Morgan fingerprint density at radius 2 is 1.78 bits per heavy atom. The van der Waals surface area contributed by atoms with E-state index in [1.165, 1.54) is 6.07 Å². The Balaban J connectivity index is 1.75. The fraction of sp³-hybridized carbons (Fsp3) is 0.176. The van der Waals surface area contributed by atoms with Crippen LogP contribution in [0.25, 0.3) is 0 Å². The fourth-order valence-corrected chi connectivity index (χ4v) is 2.10. The molecule has 2 aromatic carbocycles. The average molecular weight is 316 g/mol. The molecule has 2 aromatic rings. The zero-order valence-electron chi connectivity index (χ0n) is 12.1. The van der Waals surface area contributed by atoms with Crippen molar-refractivity contribution < 1.29 is 18.4 Å². The van der Waals surface area contributed by atoms with E-state index in [9.17, 15) is 18.4 Å². The van der Waals surface area contributed by atoms with E-state index in [1.807, 2.05) is 0 Å². The molecule has 1 fully saturated rings. The number of amides is 2. The van der Waals surface area contributed by atoms with Gasteiger partial charge in [0.15, 0.2) is 0 Å². The Morgan fingerprint density at radius 3 is 2.52 bits per heavy atom. The van der Waals surface area contributed by atoms with E-state index in [1.54, 1.807) is 18.2 Å². The largest absolute Gasteiger partial charge is 0.349 e. The minimum Gasteiger partial charge on any atom is -0.349 e. The topological polar surface area (TPSA) is 58.2 Å². The maximum Gasteiger partial charge on any atom is 0.258 e. The van der Waals surface area contributed by atoms with Gasteiger partial charge in [-0.15, -0.1) is 0 Å². The molecule has 0 aliphatic heterocycles. The standard InChI is InChI=1S/C17H14F2N2O2/c18-11-4-7-15(19)14(9-11)17(23)21-13-3-1-2-10(8-13)16(22)20-12-5-6-12/h1-4,7-9,12H,5-6H2,(H,20,22)(H,21,23). The molecule has 6 heteroatoms. The van der Waals surface area contributed by atoms with E-state index >= 15 is 0 Å². The molecular formula is C17H14F2N2O2. The van der Waals surface area contributed by atoms with Gasteiger partial charge in [-0.3, -0.25) is 9.59 Å². The van der Waals surface area contributed by atoms with E-state index in [2.05, 4.69) is 10.6 Å². The summed E-state index contributed by atoms with van der Waals surface area (Å²) < 4.78 is 26.7. The third-order valence-corrected chi connectivity index (χ3v) is 3.47. The molecule has 4 nitrogen and oxygen atoms in total. The molecule has 3 rings (SSSR count). The quantitative estimate of drug-likeness (QED) is 0.910. The summed E-state index contributed by atoms with van der Waals surface area (Å²) in [7, 11) is 0. The van der Waals surface area contributed by atoms with E-state index < -0.39 is 23.1 Å². The predicted octanol–water partition coefficient (Wildman–Crippen LogP) is 3.11. The van der Waals surface area contributed by atoms with Gasteiger partial charge in [-0.05, 0) is 49.2 Å². The minimum atomic E-state index is -0.813. The summed E-state index contributed by atoms with van der Waals surface area (Å²) in [5, 5.41) is 5.30. The number of hydrogen-bond donors (Lipinski definition) is 2. The molecule has 0 unspecified atom stereocenters. The lowest BCUT2D eigenvalue weighted by Crippen LogP contribution is -2.25. The summed E-state index contributed by atoms with van der Waals surface area (Å²) in [4.78, 5) is 24.0. The maximum absolute atomic E-state index is 13.6. The van der Waals surface area contributed by atoms with Crippen molar-refractivity contribution in [3.8, 4) is 0 Å². The number of benzene rings is 2. The highest BCUT2D eigenvalue weighted by Crippen LogP contribution is 2.20. The third kappa shape index (κ3) is 3.71. The van der Waals surface area contributed by atoms with E-state index in [4.69, 9.17) is 0 Å². The molecule has 1 saturated carbocycles. The fourth-order valence-electron chi connectivity index (χ4n) is 2.10. The van der Waals surface area contributed by atoms with Gasteiger partial charge in [0.1, 0.15) is 11.6 Å². The highest BCUT2D eigenvalue weighted by atomic mass is 19.1. The molecule has 0 spiro atoms. The van der Waals surface area contributed by atoms with Crippen molar-refractivity contribution in [1.29, 1.82) is 0 Å². The van der Waals surface area contributed by atoms with E-state index in [-0.39, 0.29) is 11.9 Å². The molecule has 23 heavy (non-hydrogen) atoms. The molecule has 0 saturated heterocycles. The highest BCUT2D eigenvalue weighted by molar-refractivity contribution is 6.05. The Bertz CT molecular complexity index is 773. The first-order valence-electron chi connectivity index (χ1n) is 7.20. The second-order valence-electron chi connectivity index (χ2n) is 5.41. The first kappa shape index (κ1) is 15.1. The Hall–Kier alpha value is -2.76. The van der Waals surface area contributed by atoms with E-state index in [0.29, 0.717) is 11.3 Å². The van der Waals surface area contributed by atoms with Crippen LogP contribution in [0.1, 0.15) is 33.6 Å². The van der Waals surface area contributed by atoms with Crippen LogP contribution in [0.5, 0.6) is 0 Å². The van der Waals surface area contributed by atoms with Gasteiger partial charge in [0.25, 0.3) is 11.8 Å². The normalized spacial score (nSPS) is 13.5. The van der Waals surface area contributed by atoms with Gasteiger partial charge in [0, 0.05) is 17.3 Å². The van der Waals surface area contributed by atoms with Gasteiger partial charge in [-0.1, -0.05) is 6.07 Å². The second kappa shape index (κ2) is 6.16. The number of anilines is 1. The van der Waals surface area contributed by atoms with Gasteiger partial charge in [0.2, 0.25) is 0 Å². The first-order chi connectivity index (χ1) is 11.0. The summed E-state index contributed by atoms with van der Waals surface area (Å²) in [6.45, 7) is 0. The van der Waals surface area contributed by atoms with Crippen molar-refractivity contribution in [2.24, 2.45) is 0 Å². The van der Waals surface area contributed by atoms with Crippen molar-refractivity contribution in [3.63, 3.8) is 0 Å². The second-order valence-corrected chi connectivity index (χ2v) is 5.41. The molecule has 118 valence electrons. The van der Waals surface area contributed by atoms with Crippen LogP contribution < -0.4 is 10.6 Å². The van der Waals surface area contributed by atoms with Gasteiger partial charge < -0.3 is 10.6 Å². The number of nitrogens with one attached hydrogen (secondary N) is 2. The molecule has 2 N–H and O–H groups in total. The van der Waals surface area contributed by atoms with Crippen molar-refractivity contribution >= 4 is 17.5 Å². The molecule has 1 aliphatic carbocycles. The number of carbonyl (C=O) groups is 2. The lowest BCUT2D eigenvalue weighted by molar-refractivity contribution is 0.0949. The van der Waals surface area contributed by atoms with Crippen molar-refractivity contribution in [1.82, 2.24) is 5.32 Å². The lowest BCUT2D eigenvalue weighted by atomic mass is 10.1. The van der Waals surface area contributed by atoms with Crippen LogP contribution in [-0.4, -0.2) is 17.9 Å². The Labute approximate surface area is 131 Å². The Kier molecular flexibility index (Phi) is 4.06.